The number of hydrogen-bond donors (Lipinski definition) is 1. The second-order valence-electron chi connectivity index (χ2n) is 6.27. The third-order valence-electron chi connectivity index (χ3n) is 4.73. The summed E-state index contributed by atoms with van der Waals surface area (Å²) in [5.74, 6) is -1.11. The molecule has 1 unspecified atom stereocenters. The highest BCUT2D eigenvalue weighted by Gasteiger charge is 2.37. The Hall–Kier alpha value is -2.67. The molecule has 1 atom stereocenters. The van der Waals surface area contributed by atoms with E-state index in [1.165, 1.54) is 0 Å². The van der Waals surface area contributed by atoms with Crippen LogP contribution in [0, 0.1) is 0 Å². The van der Waals surface area contributed by atoms with E-state index in [0.717, 1.165) is 10.8 Å². The number of aliphatic hydroxyl groups excluding tert-OH is 1. The van der Waals surface area contributed by atoms with Gasteiger partial charge in [-0.3, -0.25) is 0 Å². The molecule has 26 heavy (non-hydrogen) atoms. The highest BCUT2D eigenvalue weighted by Crippen LogP contribution is 2.56. The molecule has 0 saturated heterocycles. The van der Waals surface area contributed by atoms with Crippen molar-refractivity contribution in [3.63, 3.8) is 0 Å². The Morgan fingerprint density at radius 1 is 0.615 bits per heavy atom. The van der Waals surface area contributed by atoms with Crippen molar-refractivity contribution in [2.24, 2.45) is 0 Å². The second-order valence-corrected chi connectivity index (χ2v) is 9.11. The molecule has 0 bridgehead atoms. The predicted molar refractivity (Wildman–Crippen MR) is 109 cm³/mol. The van der Waals surface area contributed by atoms with Crippen LogP contribution in [0.25, 0.3) is 10.8 Å². The van der Waals surface area contributed by atoms with Crippen molar-refractivity contribution in [3.05, 3.63) is 109 Å². The highest BCUT2D eigenvalue weighted by atomic mass is 31.2. The van der Waals surface area contributed by atoms with Crippen molar-refractivity contribution in [3.8, 4) is 0 Å². The van der Waals surface area contributed by atoms with Crippen LogP contribution < -0.4 is 10.6 Å². The van der Waals surface area contributed by atoms with Gasteiger partial charge in [-0.25, -0.2) is 0 Å². The van der Waals surface area contributed by atoms with Crippen molar-refractivity contribution < 1.29 is 9.67 Å². The van der Waals surface area contributed by atoms with Crippen LogP contribution in [0.15, 0.2) is 103 Å². The minimum atomic E-state index is -3.29. The molecule has 0 heterocycles. The smallest absolute Gasteiger partial charge is 0.174 e. The van der Waals surface area contributed by atoms with Gasteiger partial charge in [-0.05, 0) is 16.3 Å². The van der Waals surface area contributed by atoms with Crippen LogP contribution in [0.3, 0.4) is 0 Å². The van der Waals surface area contributed by atoms with E-state index >= 15 is 0 Å². The number of aliphatic hydroxyl groups is 1. The van der Waals surface area contributed by atoms with Gasteiger partial charge in [0.2, 0.25) is 0 Å². The normalized spacial score (nSPS) is 12.8. The van der Waals surface area contributed by atoms with E-state index < -0.39 is 13.0 Å². The zero-order valence-corrected chi connectivity index (χ0v) is 15.1. The maximum Gasteiger partial charge on any atom is 0.174 e. The molecule has 0 spiro atoms. The molecule has 0 aliphatic heterocycles. The molecular weight excluding hydrogens is 339 g/mol. The lowest BCUT2D eigenvalue weighted by atomic mass is 10.1. The first kappa shape index (κ1) is 16.8. The summed E-state index contributed by atoms with van der Waals surface area (Å²) in [4.78, 5) is 0. The van der Waals surface area contributed by atoms with Gasteiger partial charge in [0, 0.05) is 10.6 Å². The van der Waals surface area contributed by atoms with Gasteiger partial charge in [0.1, 0.15) is 5.85 Å². The van der Waals surface area contributed by atoms with E-state index in [9.17, 15) is 9.67 Å². The average Bonchev–Trinajstić information content (AvgIpc) is 2.73. The zero-order valence-electron chi connectivity index (χ0n) is 14.2. The molecule has 128 valence electrons. The van der Waals surface area contributed by atoms with Gasteiger partial charge in [0.15, 0.2) is 7.14 Å². The molecule has 0 saturated carbocycles. The summed E-state index contributed by atoms with van der Waals surface area (Å²) in [5, 5.41) is 14.6. The van der Waals surface area contributed by atoms with E-state index in [1.807, 2.05) is 103 Å². The largest absolute Gasteiger partial charge is 0.380 e. The summed E-state index contributed by atoms with van der Waals surface area (Å²) >= 11 is 0. The molecular formula is C23H19O2P. The first-order valence-corrected chi connectivity index (χ1v) is 10.4. The van der Waals surface area contributed by atoms with Crippen molar-refractivity contribution in [2.45, 2.75) is 5.85 Å². The number of benzene rings is 4. The van der Waals surface area contributed by atoms with Gasteiger partial charge >= 0.3 is 0 Å². The maximum atomic E-state index is 14.3. The fraction of sp³-hybridized carbons (Fsp3) is 0.0435. The summed E-state index contributed by atoms with van der Waals surface area (Å²) < 4.78 is 14.3. The molecule has 3 heteroatoms. The molecule has 0 fully saturated rings. The number of hydrogen-bond acceptors (Lipinski definition) is 2. The zero-order chi connectivity index (χ0) is 18.0. The average molecular weight is 358 g/mol. The summed E-state index contributed by atoms with van der Waals surface area (Å²) in [7, 11) is -3.29. The molecule has 0 aliphatic rings. The van der Waals surface area contributed by atoms with Gasteiger partial charge in [0.25, 0.3) is 0 Å². The van der Waals surface area contributed by atoms with E-state index in [0.29, 0.717) is 16.2 Å². The van der Waals surface area contributed by atoms with Gasteiger partial charge < -0.3 is 9.67 Å². The third kappa shape index (κ3) is 2.78. The lowest BCUT2D eigenvalue weighted by molar-refractivity contribution is 0.258. The van der Waals surface area contributed by atoms with E-state index in [-0.39, 0.29) is 0 Å². The van der Waals surface area contributed by atoms with Gasteiger partial charge in [-0.2, -0.15) is 0 Å². The minimum Gasteiger partial charge on any atom is -0.380 e. The van der Waals surface area contributed by atoms with Crippen LogP contribution in [0.4, 0.5) is 0 Å². The highest BCUT2D eigenvalue weighted by molar-refractivity contribution is 7.78. The lowest BCUT2D eigenvalue weighted by Gasteiger charge is -2.26. The molecule has 4 aromatic carbocycles. The fourth-order valence-electron chi connectivity index (χ4n) is 3.40. The van der Waals surface area contributed by atoms with Crippen molar-refractivity contribution in [2.75, 3.05) is 0 Å². The molecule has 0 aliphatic carbocycles. The first-order chi connectivity index (χ1) is 12.7. The van der Waals surface area contributed by atoms with Crippen LogP contribution in [-0.2, 0) is 4.57 Å². The van der Waals surface area contributed by atoms with Crippen LogP contribution in [0.1, 0.15) is 11.4 Å². The van der Waals surface area contributed by atoms with Crippen LogP contribution in [0.2, 0.25) is 0 Å². The van der Waals surface area contributed by atoms with Crippen LogP contribution in [0.5, 0.6) is 0 Å². The summed E-state index contributed by atoms with van der Waals surface area (Å²) in [5.41, 5.74) is 0.694. The van der Waals surface area contributed by atoms with Crippen LogP contribution >= 0.6 is 7.14 Å². The van der Waals surface area contributed by atoms with Gasteiger partial charge in [-0.1, -0.05) is 103 Å². The molecule has 4 rings (SSSR count). The SMILES string of the molecule is O=P(c1ccccc1)(c1ccccc1)C(O)c1cccc2ccccc12. The summed E-state index contributed by atoms with van der Waals surface area (Å²) in [6, 6.07) is 32.2. The maximum absolute atomic E-state index is 14.3. The standard InChI is InChI=1S/C23H19O2P/c24-23(22-17-9-11-18-10-7-8-16-21(18)22)26(25,19-12-3-1-4-13-19)20-14-5-2-6-15-20/h1-17,23-24H. The number of rotatable bonds is 4. The van der Waals surface area contributed by atoms with Crippen molar-refractivity contribution >= 4 is 28.5 Å². The molecule has 0 aromatic heterocycles. The van der Waals surface area contributed by atoms with Gasteiger partial charge in [0.05, 0.1) is 0 Å². The van der Waals surface area contributed by atoms with Crippen molar-refractivity contribution in [1.82, 2.24) is 0 Å². The lowest BCUT2D eigenvalue weighted by Crippen LogP contribution is -2.21. The Kier molecular flexibility index (Phi) is 4.46. The fourth-order valence-corrected chi connectivity index (χ4v) is 6.11. The van der Waals surface area contributed by atoms with Crippen molar-refractivity contribution in [1.29, 1.82) is 0 Å². The number of fused-ring (bicyclic) bond motifs is 1. The van der Waals surface area contributed by atoms with Crippen LogP contribution in [-0.4, -0.2) is 5.11 Å². The molecule has 0 amide bonds. The molecule has 2 nitrogen and oxygen atoms in total. The molecule has 4 aromatic rings. The predicted octanol–water partition coefficient (Wildman–Crippen LogP) is 4.84. The Labute approximate surface area is 153 Å². The first-order valence-electron chi connectivity index (χ1n) is 8.58. The molecule has 0 radical (unpaired) electrons. The Morgan fingerprint density at radius 3 is 1.73 bits per heavy atom. The van der Waals surface area contributed by atoms with E-state index in [1.54, 1.807) is 0 Å². The van der Waals surface area contributed by atoms with E-state index in [2.05, 4.69) is 0 Å². The Balaban J connectivity index is 1.96. The van der Waals surface area contributed by atoms with E-state index in [4.69, 9.17) is 0 Å². The molecule has 1 N–H and O–H groups in total. The summed E-state index contributed by atoms with van der Waals surface area (Å²) in [6.45, 7) is 0. The Bertz CT molecular complexity index is 1030. The Morgan fingerprint density at radius 2 is 1.12 bits per heavy atom. The third-order valence-corrected chi connectivity index (χ3v) is 7.82. The monoisotopic (exact) mass is 358 g/mol. The second kappa shape index (κ2) is 6.92. The quantitative estimate of drug-likeness (QED) is 0.530. The minimum absolute atomic E-state index is 0.659. The van der Waals surface area contributed by atoms with Gasteiger partial charge in [-0.15, -0.1) is 0 Å². The topological polar surface area (TPSA) is 37.3 Å². The summed E-state index contributed by atoms with van der Waals surface area (Å²) in [6.07, 6.45) is 0.